The number of ketones is 1. The Bertz CT molecular complexity index is 770. The van der Waals surface area contributed by atoms with Crippen molar-refractivity contribution >= 4 is 33.7 Å². The van der Waals surface area contributed by atoms with Crippen molar-refractivity contribution in [2.75, 3.05) is 0 Å². The Labute approximate surface area is 159 Å². The first-order chi connectivity index (χ1) is 12.3. The Morgan fingerprint density at radius 2 is 1.46 bits per heavy atom. The molecule has 0 heterocycles. The lowest BCUT2D eigenvalue weighted by Crippen LogP contribution is -2.41. The Kier molecular flexibility index (Phi) is 6.69. The fraction of sp³-hybridized carbons (Fsp3) is 0.250. The zero-order valence-electron chi connectivity index (χ0n) is 14.0. The molecule has 5 nitrogen and oxygen atoms in total. The highest BCUT2D eigenvalue weighted by molar-refractivity contribution is 9.10. The summed E-state index contributed by atoms with van der Waals surface area (Å²) in [5.74, 6) is -3.46. The third-order valence-electron chi connectivity index (χ3n) is 4.36. The van der Waals surface area contributed by atoms with Gasteiger partial charge in [-0.15, -0.1) is 0 Å². The smallest absolute Gasteiger partial charge is 0.321 e. The van der Waals surface area contributed by atoms with Crippen molar-refractivity contribution in [3.05, 3.63) is 70.2 Å². The number of carbonyl (C=O) groups excluding carboxylic acids is 1. The third kappa shape index (κ3) is 4.79. The van der Waals surface area contributed by atoms with Gasteiger partial charge in [-0.25, -0.2) is 0 Å². The van der Waals surface area contributed by atoms with Gasteiger partial charge in [-0.3, -0.25) is 14.4 Å². The van der Waals surface area contributed by atoms with Crippen molar-refractivity contribution in [1.29, 1.82) is 0 Å². The number of carboxylic acid groups (broad SMARTS) is 2. The quantitative estimate of drug-likeness (QED) is 0.470. The van der Waals surface area contributed by atoms with Crippen molar-refractivity contribution in [2.24, 2.45) is 5.41 Å². The summed E-state index contributed by atoms with van der Waals surface area (Å²) in [6.07, 6.45) is 0.217. The number of Topliss-reactive ketones (excluding diaryl/α,β-unsaturated/α-hetero) is 1. The number of rotatable bonds is 9. The minimum absolute atomic E-state index is 0.116. The van der Waals surface area contributed by atoms with Crippen LogP contribution in [0.25, 0.3) is 0 Å². The van der Waals surface area contributed by atoms with E-state index in [2.05, 4.69) is 15.9 Å². The second-order valence-electron chi connectivity index (χ2n) is 6.14. The summed E-state index contributed by atoms with van der Waals surface area (Å²) >= 11 is 3.26. The van der Waals surface area contributed by atoms with Gasteiger partial charge < -0.3 is 10.2 Å². The van der Waals surface area contributed by atoms with E-state index < -0.39 is 29.6 Å². The number of aryl methyl sites for hydroxylation is 1. The van der Waals surface area contributed by atoms with E-state index >= 15 is 0 Å². The fourth-order valence-electron chi connectivity index (χ4n) is 2.80. The summed E-state index contributed by atoms with van der Waals surface area (Å²) in [7, 11) is 0. The van der Waals surface area contributed by atoms with Gasteiger partial charge in [0.2, 0.25) is 0 Å². The van der Waals surface area contributed by atoms with Crippen LogP contribution in [0.5, 0.6) is 0 Å². The molecule has 0 aliphatic carbocycles. The van der Waals surface area contributed by atoms with Gasteiger partial charge in [-0.05, 0) is 37.0 Å². The Morgan fingerprint density at radius 3 is 2.00 bits per heavy atom. The minimum Gasteiger partial charge on any atom is -0.480 e. The molecule has 0 fully saturated rings. The second-order valence-corrected chi connectivity index (χ2v) is 7.05. The van der Waals surface area contributed by atoms with Crippen LogP contribution in [0.4, 0.5) is 0 Å². The molecule has 0 aromatic heterocycles. The fourth-order valence-corrected chi connectivity index (χ4v) is 3.06. The van der Waals surface area contributed by atoms with Crippen molar-refractivity contribution in [3.8, 4) is 0 Å². The molecule has 0 atom stereocenters. The van der Waals surface area contributed by atoms with Crippen LogP contribution in [0.1, 0.15) is 35.2 Å². The molecule has 2 aromatic carbocycles. The number of hydrogen-bond acceptors (Lipinski definition) is 3. The molecule has 0 aliphatic heterocycles. The average molecular weight is 419 g/mol. The summed E-state index contributed by atoms with van der Waals surface area (Å²) < 4.78 is 0.777. The van der Waals surface area contributed by atoms with Crippen molar-refractivity contribution < 1.29 is 24.6 Å². The van der Waals surface area contributed by atoms with Crippen LogP contribution >= 0.6 is 15.9 Å². The van der Waals surface area contributed by atoms with Gasteiger partial charge in [0.25, 0.3) is 0 Å². The number of carbonyl (C=O) groups is 3. The topological polar surface area (TPSA) is 91.7 Å². The molecule has 2 aromatic rings. The van der Waals surface area contributed by atoms with Crippen molar-refractivity contribution in [3.63, 3.8) is 0 Å². The maximum Gasteiger partial charge on any atom is 0.321 e. The highest BCUT2D eigenvalue weighted by Gasteiger charge is 2.47. The predicted octanol–water partition coefficient (Wildman–Crippen LogP) is 4.20. The van der Waals surface area contributed by atoms with Crippen LogP contribution in [0.3, 0.4) is 0 Å². The number of halogens is 1. The average Bonchev–Trinajstić information content (AvgIpc) is 2.61. The Morgan fingerprint density at radius 1 is 0.885 bits per heavy atom. The van der Waals surface area contributed by atoms with E-state index in [1.54, 1.807) is 24.3 Å². The summed E-state index contributed by atoms with van der Waals surface area (Å²) in [6.45, 7) is 0. The molecule has 0 saturated carbocycles. The van der Waals surface area contributed by atoms with E-state index in [-0.39, 0.29) is 6.42 Å². The van der Waals surface area contributed by atoms with Crippen molar-refractivity contribution in [1.82, 2.24) is 0 Å². The van der Waals surface area contributed by atoms with Crippen LogP contribution in [-0.2, 0) is 16.0 Å². The normalized spacial score (nSPS) is 11.1. The minimum atomic E-state index is -2.13. The second kappa shape index (κ2) is 8.76. The first kappa shape index (κ1) is 19.8. The van der Waals surface area contributed by atoms with Crippen LogP contribution in [0.2, 0.25) is 0 Å². The molecule has 6 heteroatoms. The monoisotopic (exact) mass is 418 g/mol. The van der Waals surface area contributed by atoms with Gasteiger partial charge in [-0.2, -0.15) is 0 Å². The molecule has 0 aliphatic rings. The summed E-state index contributed by atoms with van der Waals surface area (Å²) in [5.41, 5.74) is -0.835. The molecular weight excluding hydrogens is 400 g/mol. The van der Waals surface area contributed by atoms with E-state index in [0.29, 0.717) is 18.4 Å². The SMILES string of the molecule is O=C(CC(CCCc1ccccc1)(C(=O)O)C(=O)O)c1ccc(Br)cc1. The molecule has 26 heavy (non-hydrogen) atoms. The number of benzene rings is 2. The molecule has 0 spiro atoms. The first-order valence-corrected chi connectivity index (χ1v) is 8.94. The van der Waals surface area contributed by atoms with Gasteiger partial charge >= 0.3 is 11.9 Å². The molecule has 0 saturated heterocycles. The largest absolute Gasteiger partial charge is 0.480 e. The van der Waals surface area contributed by atoms with Crippen LogP contribution in [0, 0.1) is 5.41 Å². The lowest BCUT2D eigenvalue weighted by Gasteiger charge is -2.24. The molecule has 0 amide bonds. The number of aliphatic carboxylic acids is 2. The molecule has 0 radical (unpaired) electrons. The number of hydrogen-bond donors (Lipinski definition) is 2. The van der Waals surface area contributed by atoms with E-state index in [1.807, 2.05) is 30.3 Å². The van der Waals surface area contributed by atoms with Crippen LogP contribution in [0.15, 0.2) is 59.1 Å². The summed E-state index contributed by atoms with van der Waals surface area (Å²) in [5, 5.41) is 19.2. The Balaban J connectivity index is 2.15. The molecule has 2 N–H and O–H groups in total. The zero-order valence-corrected chi connectivity index (χ0v) is 15.6. The standard InChI is InChI=1S/C20H19BrO5/c21-16-10-8-15(9-11-16)17(22)13-20(18(23)24,19(25)26)12-4-7-14-5-2-1-3-6-14/h1-3,5-6,8-11H,4,7,12-13H2,(H,23,24)(H,25,26). The maximum atomic E-state index is 12.5. The highest BCUT2D eigenvalue weighted by atomic mass is 79.9. The maximum absolute atomic E-state index is 12.5. The van der Waals surface area contributed by atoms with E-state index in [9.17, 15) is 24.6 Å². The molecule has 0 unspecified atom stereocenters. The van der Waals surface area contributed by atoms with Gasteiger partial charge in [-0.1, -0.05) is 58.4 Å². The molecular formula is C20H19BrO5. The van der Waals surface area contributed by atoms with Gasteiger partial charge in [0.15, 0.2) is 11.2 Å². The number of carboxylic acids is 2. The van der Waals surface area contributed by atoms with E-state index in [1.165, 1.54) is 0 Å². The summed E-state index contributed by atoms with van der Waals surface area (Å²) in [6, 6.07) is 15.8. The van der Waals surface area contributed by atoms with E-state index in [4.69, 9.17) is 0 Å². The van der Waals surface area contributed by atoms with Crippen molar-refractivity contribution in [2.45, 2.75) is 25.7 Å². The molecule has 2 rings (SSSR count). The summed E-state index contributed by atoms with van der Waals surface area (Å²) in [4.78, 5) is 36.0. The predicted molar refractivity (Wildman–Crippen MR) is 100 cm³/mol. The van der Waals surface area contributed by atoms with Gasteiger partial charge in [0.05, 0.1) is 0 Å². The van der Waals surface area contributed by atoms with Crippen LogP contribution in [-0.4, -0.2) is 27.9 Å². The lowest BCUT2D eigenvalue weighted by atomic mass is 9.77. The lowest BCUT2D eigenvalue weighted by molar-refractivity contribution is -0.165. The first-order valence-electron chi connectivity index (χ1n) is 8.14. The van der Waals surface area contributed by atoms with Gasteiger partial charge in [0.1, 0.15) is 0 Å². The highest BCUT2D eigenvalue weighted by Crippen LogP contribution is 2.32. The Hall–Kier alpha value is -2.47. The third-order valence-corrected chi connectivity index (χ3v) is 4.89. The molecule has 136 valence electrons. The van der Waals surface area contributed by atoms with Gasteiger partial charge in [0, 0.05) is 16.5 Å². The zero-order chi connectivity index (χ0) is 19.2. The molecule has 0 bridgehead atoms. The van der Waals surface area contributed by atoms with E-state index in [0.717, 1.165) is 10.0 Å². The van der Waals surface area contributed by atoms with Crippen LogP contribution < -0.4 is 0 Å².